The van der Waals surface area contributed by atoms with Crippen molar-refractivity contribution in [3.63, 3.8) is 0 Å². The van der Waals surface area contributed by atoms with Crippen molar-refractivity contribution in [3.8, 4) is 0 Å². The summed E-state index contributed by atoms with van der Waals surface area (Å²) in [6.07, 6.45) is 1.46. The van der Waals surface area contributed by atoms with E-state index in [4.69, 9.17) is 11.6 Å². The van der Waals surface area contributed by atoms with Crippen molar-refractivity contribution in [2.24, 2.45) is 11.6 Å². The molecule has 0 unspecified atom stereocenters. The van der Waals surface area contributed by atoms with Gasteiger partial charge in [0.15, 0.2) is 0 Å². The third-order valence-corrected chi connectivity index (χ3v) is 2.36. The number of aryl methyl sites for hydroxylation is 1. The van der Waals surface area contributed by atoms with Gasteiger partial charge in [-0.1, -0.05) is 0 Å². The minimum absolute atomic E-state index is 0.767. The lowest BCUT2D eigenvalue weighted by Gasteiger charge is -2.00. The molecule has 0 fully saturated rings. The van der Waals surface area contributed by atoms with Crippen molar-refractivity contribution in [2.45, 2.75) is 6.92 Å². The monoisotopic (exact) mass is 169 g/mol. The van der Waals surface area contributed by atoms with E-state index >= 15 is 0 Å². The van der Waals surface area contributed by atoms with Crippen molar-refractivity contribution in [1.82, 2.24) is 5.43 Å². The maximum atomic E-state index is 5.33. The predicted octanol–water partition coefficient (Wildman–Crippen LogP) is 0.777. The van der Waals surface area contributed by atoms with Crippen LogP contribution >= 0.6 is 11.3 Å². The van der Waals surface area contributed by atoms with Crippen molar-refractivity contribution in [2.75, 3.05) is 0 Å². The predicted molar refractivity (Wildman–Crippen MR) is 48.5 cm³/mol. The molecule has 11 heavy (non-hydrogen) atoms. The highest BCUT2D eigenvalue weighted by Crippen LogP contribution is 2.20. The summed E-state index contributed by atoms with van der Waals surface area (Å²) < 4.78 is 0. The highest BCUT2D eigenvalue weighted by molar-refractivity contribution is 7.13. The van der Waals surface area contributed by atoms with Crippen molar-refractivity contribution < 1.29 is 0 Å². The first-order chi connectivity index (χ1) is 5.27. The molecular formula is C7H11N3S. The van der Waals surface area contributed by atoms with Crippen LogP contribution in [0, 0.1) is 6.92 Å². The number of rotatable bonds is 2. The van der Waals surface area contributed by atoms with Gasteiger partial charge in [0.1, 0.15) is 0 Å². The number of nitrogens with one attached hydrogen (secondary N) is 1. The van der Waals surface area contributed by atoms with E-state index in [9.17, 15) is 0 Å². The summed E-state index contributed by atoms with van der Waals surface area (Å²) in [5.74, 6) is 5.23. The average molecular weight is 169 g/mol. The van der Waals surface area contributed by atoms with Gasteiger partial charge in [0, 0.05) is 11.1 Å². The van der Waals surface area contributed by atoms with Crippen LogP contribution in [0.2, 0.25) is 0 Å². The van der Waals surface area contributed by atoms with E-state index in [-0.39, 0.29) is 0 Å². The Morgan fingerprint density at radius 1 is 1.64 bits per heavy atom. The lowest BCUT2D eigenvalue weighted by Crippen LogP contribution is -2.20. The Kier molecular flexibility index (Phi) is 2.51. The van der Waals surface area contributed by atoms with Gasteiger partial charge in [-0.15, -0.1) is 11.3 Å². The summed E-state index contributed by atoms with van der Waals surface area (Å²) in [6, 6.07) is 4.01. The molecule has 60 valence electrons. The minimum Gasteiger partial charge on any atom is -0.403 e. The Morgan fingerprint density at radius 3 is 2.73 bits per heavy atom. The Balaban J connectivity index is 2.91. The summed E-state index contributed by atoms with van der Waals surface area (Å²) >= 11 is 1.65. The summed E-state index contributed by atoms with van der Waals surface area (Å²) in [5, 5.41) is 0. The molecular weight excluding hydrogens is 158 g/mol. The average Bonchev–Trinajstić information content (AvgIpc) is 2.39. The SMILES string of the molecule is Cc1ccc(/C(=C/N)NN)s1. The third kappa shape index (κ3) is 1.72. The van der Waals surface area contributed by atoms with Gasteiger partial charge in [-0.3, -0.25) is 5.84 Å². The molecule has 0 amide bonds. The van der Waals surface area contributed by atoms with E-state index in [1.54, 1.807) is 11.3 Å². The van der Waals surface area contributed by atoms with Crippen LogP contribution in [0.4, 0.5) is 0 Å². The molecule has 0 radical (unpaired) electrons. The zero-order valence-corrected chi connectivity index (χ0v) is 7.11. The zero-order chi connectivity index (χ0) is 8.27. The smallest absolute Gasteiger partial charge is 0.0814 e. The van der Waals surface area contributed by atoms with Gasteiger partial charge in [0.25, 0.3) is 0 Å². The first kappa shape index (κ1) is 8.10. The molecule has 1 heterocycles. The van der Waals surface area contributed by atoms with Gasteiger partial charge in [0.05, 0.1) is 10.6 Å². The summed E-state index contributed by atoms with van der Waals surface area (Å²) in [7, 11) is 0. The summed E-state index contributed by atoms with van der Waals surface area (Å²) in [6.45, 7) is 2.04. The fourth-order valence-electron chi connectivity index (χ4n) is 0.781. The molecule has 5 N–H and O–H groups in total. The van der Waals surface area contributed by atoms with E-state index < -0.39 is 0 Å². The van der Waals surface area contributed by atoms with Crippen LogP contribution in [0.15, 0.2) is 18.3 Å². The van der Waals surface area contributed by atoms with Crippen LogP contribution in [0.1, 0.15) is 9.75 Å². The van der Waals surface area contributed by atoms with Crippen LogP contribution < -0.4 is 17.0 Å². The van der Waals surface area contributed by atoms with Gasteiger partial charge in [-0.05, 0) is 19.1 Å². The van der Waals surface area contributed by atoms with Crippen molar-refractivity contribution in [1.29, 1.82) is 0 Å². The number of hydrogen-bond acceptors (Lipinski definition) is 4. The van der Waals surface area contributed by atoms with Gasteiger partial charge < -0.3 is 11.2 Å². The highest BCUT2D eigenvalue weighted by atomic mass is 32.1. The Morgan fingerprint density at radius 2 is 2.36 bits per heavy atom. The van der Waals surface area contributed by atoms with Crippen LogP contribution in [0.5, 0.6) is 0 Å². The lowest BCUT2D eigenvalue weighted by molar-refractivity contribution is 0.993. The largest absolute Gasteiger partial charge is 0.403 e. The standard InChI is InChI=1S/C7H11N3S/c1-5-2-3-7(11-5)6(4-8)10-9/h2-4,10H,8-9H2,1H3/b6-4-. The van der Waals surface area contributed by atoms with Gasteiger partial charge >= 0.3 is 0 Å². The van der Waals surface area contributed by atoms with Crippen LogP contribution in [0.3, 0.4) is 0 Å². The number of nitrogens with two attached hydrogens (primary N) is 2. The van der Waals surface area contributed by atoms with Crippen molar-refractivity contribution >= 4 is 17.0 Å². The van der Waals surface area contributed by atoms with Gasteiger partial charge in [0.2, 0.25) is 0 Å². The van der Waals surface area contributed by atoms with E-state index in [1.807, 2.05) is 19.1 Å². The lowest BCUT2D eigenvalue weighted by atomic mass is 10.4. The molecule has 4 heteroatoms. The molecule has 0 aromatic carbocycles. The summed E-state index contributed by atoms with van der Waals surface area (Å²) in [4.78, 5) is 2.31. The molecule has 0 aliphatic heterocycles. The van der Waals surface area contributed by atoms with E-state index in [0.717, 1.165) is 10.6 Å². The molecule has 1 aromatic heterocycles. The summed E-state index contributed by atoms with van der Waals surface area (Å²) in [5.41, 5.74) is 8.62. The van der Waals surface area contributed by atoms with E-state index in [1.165, 1.54) is 11.1 Å². The first-order valence-corrected chi connectivity index (χ1v) is 4.05. The second kappa shape index (κ2) is 3.41. The van der Waals surface area contributed by atoms with Crippen LogP contribution in [-0.2, 0) is 0 Å². The molecule has 1 rings (SSSR count). The molecule has 3 nitrogen and oxygen atoms in total. The van der Waals surface area contributed by atoms with Crippen LogP contribution in [-0.4, -0.2) is 0 Å². The second-order valence-corrected chi connectivity index (χ2v) is 3.42. The van der Waals surface area contributed by atoms with Crippen molar-refractivity contribution in [3.05, 3.63) is 28.1 Å². The minimum atomic E-state index is 0.767. The van der Waals surface area contributed by atoms with Crippen LogP contribution in [0.25, 0.3) is 5.70 Å². The molecule has 0 bridgehead atoms. The Labute approximate surface area is 69.7 Å². The van der Waals surface area contributed by atoms with Gasteiger partial charge in [-0.25, -0.2) is 0 Å². The number of thiophene rings is 1. The molecule has 0 aliphatic rings. The van der Waals surface area contributed by atoms with E-state index in [0.29, 0.717) is 0 Å². The highest BCUT2D eigenvalue weighted by Gasteiger charge is 2.00. The molecule has 1 aromatic rings. The quantitative estimate of drug-likeness (QED) is 0.453. The Bertz CT molecular complexity index is 264. The fraction of sp³-hybridized carbons (Fsp3) is 0.143. The Hall–Kier alpha value is -1.00. The fourth-order valence-corrected chi connectivity index (χ4v) is 1.64. The molecule has 0 aliphatic carbocycles. The molecule has 0 saturated heterocycles. The third-order valence-electron chi connectivity index (χ3n) is 1.33. The maximum Gasteiger partial charge on any atom is 0.0814 e. The molecule has 0 spiro atoms. The van der Waals surface area contributed by atoms with E-state index in [2.05, 4.69) is 5.43 Å². The van der Waals surface area contributed by atoms with Gasteiger partial charge in [-0.2, -0.15) is 0 Å². The number of hydrazine groups is 1. The topological polar surface area (TPSA) is 64.1 Å². The molecule has 0 saturated carbocycles. The molecule has 0 atom stereocenters. The maximum absolute atomic E-state index is 5.33. The normalized spacial score (nSPS) is 11.6. The zero-order valence-electron chi connectivity index (χ0n) is 6.29. The second-order valence-electron chi connectivity index (χ2n) is 2.13. The first-order valence-electron chi connectivity index (χ1n) is 3.23. The number of hydrogen-bond donors (Lipinski definition) is 3.